The van der Waals surface area contributed by atoms with Crippen LogP contribution in [0, 0.1) is 0 Å². The van der Waals surface area contributed by atoms with Crippen molar-refractivity contribution in [3.05, 3.63) is 29.8 Å². The summed E-state index contributed by atoms with van der Waals surface area (Å²) in [4.78, 5) is 10.9. The summed E-state index contributed by atoms with van der Waals surface area (Å²) < 4.78 is 5.19. The van der Waals surface area contributed by atoms with Gasteiger partial charge in [-0.15, -0.1) is 12.4 Å². The van der Waals surface area contributed by atoms with E-state index in [-0.39, 0.29) is 24.9 Å². The molecule has 0 atom stereocenters. The summed E-state index contributed by atoms with van der Waals surface area (Å²) in [6.45, 7) is 0.613. The smallest absolute Gasteiger partial charge is 0.233 e. The van der Waals surface area contributed by atoms with Crippen LogP contribution >= 0.6 is 12.4 Å². The van der Waals surface area contributed by atoms with Crippen molar-refractivity contribution in [3.63, 3.8) is 0 Å². The second kappa shape index (κ2) is 7.96. The number of hydrogen-bond donors (Lipinski definition) is 2. The lowest BCUT2D eigenvalue weighted by Crippen LogP contribution is -2.31. The Bertz CT molecular complexity index is 332. The van der Waals surface area contributed by atoms with Crippen molar-refractivity contribution in [1.29, 1.82) is 0 Å². The SMILES string of the molecule is COc1ccccc1CCNC(=O)CN.Cl. The summed E-state index contributed by atoms with van der Waals surface area (Å²) >= 11 is 0. The van der Waals surface area contributed by atoms with E-state index >= 15 is 0 Å². The normalized spacial score (nSPS) is 9.12. The average Bonchev–Trinajstić information content (AvgIpc) is 2.29. The molecule has 1 aromatic rings. The number of nitrogens with two attached hydrogens (primary N) is 1. The zero-order valence-electron chi connectivity index (χ0n) is 9.23. The van der Waals surface area contributed by atoms with Crippen molar-refractivity contribution in [1.82, 2.24) is 5.32 Å². The Hall–Kier alpha value is -1.26. The lowest BCUT2D eigenvalue weighted by atomic mass is 10.1. The third kappa shape index (κ3) is 4.51. The van der Waals surface area contributed by atoms with Crippen LogP contribution in [0.25, 0.3) is 0 Å². The highest BCUT2D eigenvalue weighted by Crippen LogP contribution is 2.16. The zero-order valence-corrected chi connectivity index (χ0v) is 10.0. The molecule has 4 nitrogen and oxygen atoms in total. The summed E-state index contributed by atoms with van der Waals surface area (Å²) in [6.07, 6.45) is 0.746. The molecule has 0 aliphatic heterocycles. The van der Waals surface area contributed by atoms with Crippen LogP contribution in [0.1, 0.15) is 5.56 Å². The Labute approximate surface area is 102 Å². The summed E-state index contributed by atoms with van der Waals surface area (Å²) in [5, 5.41) is 2.71. The van der Waals surface area contributed by atoms with Crippen LogP contribution in [-0.2, 0) is 11.2 Å². The van der Waals surface area contributed by atoms with Gasteiger partial charge in [0.1, 0.15) is 5.75 Å². The van der Waals surface area contributed by atoms with Gasteiger partial charge < -0.3 is 15.8 Å². The van der Waals surface area contributed by atoms with Crippen LogP contribution < -0.4 is 15.8 Å². The molecule has 0 bridgehead atoms. The highest BCUT2D eigenvalue weighted by Gasteiger charge is 2.02. The lowest BCUT2D eigenvalue weighted by molar-refractivity contribution is -0.119. The number of rotatable bonds is 5. The molecular weight excluding hydrogens is 228 g/mol. The van der Waals surface area contributed by atoms with Crippen molar-refractivity contribution in [2.24, 2.45) is 5.73 Å². The number of benzene rings is 1. The van der Waals surface area contributed by atoms with Crippen LogP contribution in [0.2, 0.25) is 0 Å². The van der Waals surface area contributed by atoms with Crippen LogP contribution in [-0.4, -0.2) is 26.1 Å². The number of para-hydroxylation sites is 1. The van der Waals surface area contributed by atoms with Crippen molar-refractivity contribution in [2.75, 3.05) is 20.2 Å². The van der Waals surface area contributed by atoms with E-state index in [2.05, 4.69) is 5.32 Å². The molecule has 1 amide bonds. The van der Waals surface area contributed by atoms with Crippen LogP contribution in [0.5, 0.6) is 5.75 Å². The molecule has 0 unspecified atom stereocenters. The maximum absolute atomic E-state index is 10.9. The van der Waals surface area contributed by atoms with E-state index in [0.717, 1.165) is 17.7 Å². The van der Waals surface area contributed by atoms with Crippen molar-refractivity contribution >= 4 is 18.3 Å². The third-order valence-electron chi connectivity index (χ3n) is 2.09. The molecular formula is C11H17ClN2O2. The molecule has 1 aromatic carbocycles. The van der Waals surface area contributed by atoms with Crippen LogP contribution in [0.3, 0.4) is 0 Å². The molecule has 16 heavy (non-hydrogen) atoms. The topological polar surface area (TPSA) is 64.3 Å². The second-order valence-corrected chi connectivity index (χ2v) is 3.12. The van der Waals surface area contributed by atoms with Gasteiger partial charge in [-0.2, -0.15) is 0 Å². The molecule has 1 rings (SSSR count). The molecule has 3 N–H and O–H groups in total. The van der Waals surface area contributed by atoms with Gasteiger partial charge >= 0.3 is 0 Å². The number of methoxy groups -OCH3 is 1. The molecule has 0 fully saturated rings. The first-order valence-electron chi connectivity index (χ1n) is 4.86. The molecule has 0 saturated carbocycles. The van der Waals surface area contributed by atoms with Gasteiger partial charge in [0.2, 0.25) is 5.91 Å². The minimum atomic E-state index is -0.134. The predicted octanol–water partition coefficient (Wildman–Crippen LogP) is 0.734. The fraction of sp³-hybridized carbons (Fsp3) is 0.364. The van der Waals surface area contributed by atoms with E-state index in [1.54, 1.807) is 7.11 Å². The Kier molecular flexibility index (Phi) is 7.33. The monoisotopic (exact) mass is 244 g/mol. The Morgan fingerprint density at radius 2 is 2.12 bits per heavy atom. The van der Waals surface area contributed by atoms with E-state index < -0.39 is 0 Å². The zero-order chi connectivity index (χ0) is 11.1. The molecule has 5 heteroatoms. The largest absolute Gasteiger partial charge is 0.496 e. The maximum Gasteiger partial charge on any atom is 0.233 e. The number of carbonyl (C=O) groups excluding carboxylic acids is 1. The van der Waals surface area contributed by atoms with Gasteiger partial charge in [-0.1, -0.05) is 18.2 Å². The maximum atomic E-state index is 10.9. The van der Waals surface area contributed by atoms with E-state index in [9.17, 15) is 4.79 Å². The van der Waals surface area contributed by atoms with Gasteiger partial charge in [-0.25, -0.2) is 0 Å². The fourth-order valence-electron chi connectivity index (χ4n) is 1.32. The quantitative estimate of drug-likeness (QED) is 0.803. The van der Waals surface area contributed by atoms with Crippen LogP contribution in [0.15, 0.2) is 24.3 Å². The van der Waals surface area contributed by atoms with Gasteiger partial charge in [0.15, 0.2) is 0 Å². The Morgan fingerprint density at radius 3 is 2.75 bits per heavy atom. The minimum absolute atomic E-state index is 0. The standard InChI is InChI=1S/C11H16N2O2.ClH/c1-15-10-5-3-2-4-9(10)6-7-13-11(14)8-12;/h2-5H,6-8,12H2,1H3,(H,13,14);1H. The highest BCUT2D eigenvalue weighted by atomic mass is 35.5. The summed E-state index contributed by atoms with van der Waals surface area (Å²) in [6, 6.07) is 7.75. The molecule has 90 valence electrons. The second-order valence-electron chi connectivity index (χ2n) is 3.12. The number of amides is 1. The van der Waals surface area contributed by atoms with Gasteiger partial charge in [0, 0.05) is 6.54 Å². The minimum Gasteiger partial charge on any atom is -0.496 e. The van der Waals surface area contributed by atoms with E-state index in [1.807, 2.05) is 24.3 Å². The number of halogens is 1. The van der Waals surface area contributed by atoms with Crippen molar-refractivity contribution < 1.29 is 9.53 Å². The highest BCUT2D eigenvalue weighted by molar-refractivity contribution is 5.85. The molecule has 0 aliphatic rings. The molecule has 0 radical (unpaired) electrons. The van der Waals surface area contributed by atoms with Gasteiger partial charge in [-0.3, -0.25) is 4.79 Å². The van der Waals surface area contributed by atoms with Crippen molar-refractivity contribution in [3.8, 4) is 5.75 Å². The summed E-state index contributed by atoms with van der Waals surface area (Å²) in [7, 11) is 1.64. The molecule has 0 heterocycles. The number of carbonyl (C=O) groups is 1. The van der Waals surface area contributed by atoms with Crippen molar-refractivity contribution in [2.45, 2.75) is 6.42 Å². The first-order chi connectivity index (χ1) is 7.27. The summed E-state index contributed by atoms with van der Waals surface area (Å²) in [5.74, 6) is 0.712. The molecule has 0 aliphatic carbocycles. The molecule has 0 saturated heterocycles. The number of ether oxygens (including phenoxy) is 1. The van der Waals surface area contributed by atoms with E-state index in [1.165, 1.54) is 0 Å². The Balaban J connectivity index is 0.00000225. The van der Waals surface area contributed by atoms with E-state index in [4.69, 9.17) is 10.5 Å². The molecule has 0 aromatic heterocycles. The predicted molar refractivity (Wildman–Crippen MR) is 66.0 cm³/mol. The van der Waals surface area contributed by atoms with E-state index in [0.29, 0.717) is 6.54 Å². The van der Waals surface area contributed by atoms with Gasteiger partial charge in [-0.05, 0) is 18.1 Å². The number of nitrogens with one attached hydrogen (secondary N) is 1. The number of hydrogen-bond acceptors (Lipinski definition) is 3. The van der Waals surface area contributed by atoms with Gasteiger partial charge in [0.25, 0.3) is 0 Å². The van der Waals surface area contributed by atoms with Gasteiger partial charge in [0.05, 0.1) is 13.7 Å². The molecule has 0 spiro atoms. The first-order valence-corrected chi connectivity index (χ1v) is 4.86. The lowest BCUT2D eigenvalue weighted by Gasteiger charge is -2.08. The average molecular weight is 245 g/mol. The first kappa shape index (κ1) is 14.7. The fourth-order valence-corrected chi connectivity index (χ4v) is 1.32. The summed E-state index contributed by atoms with van der Waals surface area (Å²) in [5.41, 5.74) is 6.25. The third-order valence-corrected chi connectivity index (χ3v) is 2.09. The Morgan fingerprint density at radius 1 is 1.44 bits per heavy atom. The van der Waals surface area contributed by atoms with Crippen LogP contribution in [0.4, 0.5) is 0 Å².